The molecule has 3 aromatic heterocycles. The first-order chi connectivity index (χ1) is 17.3. The van der Waals surface area contributed by atoms with Crippen molar-refractivity contribution in [3.63, 3.8) is 0 Å². The van der Waals surface area contributed by atoms with Gasteiger partial charge in [-0.1, -0.05) is 12.1 Å². The van der Waals surface area contributed by atoms with Crippen LogP contribution in [0, 0.1) is 10.1 Å². The molecule has 1 aliphatic rings. The van der Waals surface area contributed by atoms with Crippen LogP contribution in [-0.2, 0) is 12.7 Å². The molecule has 0 bridgehead atoms. The number of hydrogen-bond acceptors (Lipinski definition) is 7. The summed E-state index contributed by atoms with van der Waals surface area (Å²) in [4.78, 5) is 22.0. The molecule has 4 aromatic rings. The third kappa shape index (κ3) is 4.96. The maximum atomic E-state index is 13.5. The molecule has 0 amide bonds. The fourth-order valence-corrected chi connectivity index (χ4v) is 4.26. The van der Waals surface area contributed by atoms with Crippen LogP contribution >= 0.6 is 0 Å². The molecule has 0 atom stereocenters. The van der Waals surface area contributed by atoms with E-state index in [0.29, 0.717) is 22.6 Å². The molecule has 186 valence electrons. The molecule has 0 spiro atoms. The minimum atomic E-state index is -4.77. The van der Waals surface area contributed by atoms with Crippen LogP contribution in [0.2, 0.25) is 0 Å². The van der Waals surface area contributed by atoms with Gasteiger partial charge in [0, 0.05) is 55.0 Å². The second-order valence-electron chi connectivity index (χ2n) is 8.58. The molecule has 10 nitrogen and oxygen atoms in total. The second-order valence-corrected chi connectivity index (χ2v) is 8.58. The zero-order valence-electron chi connectivity index (χ0n) is 18.9. The quantitative estimate of drug-likeness (QED) is 0.308. The van der Waals surface area contributed by atoms with Crippen LogP contribution in [0.4, 0.5) is 24.7 Å². The monoisotopic (exact) mass is 499 g/mol. The third-order valence-electron chi connectivity index (χ3n) is 6.10. The molecule has 0 saturated carbocycles. The maximum absolute atomic E-state index is 13.5. The molecule has 4 heterocycles. The fraction of sp³-hybridized carbons (Fsp3) is 0.304. The lowest BCUT2D eigenvalue weighted by Gasteiger charge is -2.20. The van der Waals surface area contributed by atoms with Crippen molar-refractivity contribution in [3.8, 4) is 11.1 Å². The second kappa shape index (κ2) is 9.49. The van der Waals surface area contributed by atoms with Gasteiger partial charge in [-0.3, -0.25) is 14.8 Å². The van der Waals surface area contributed by atoms with E-state index in [0.717, 1.165) is 31.5 Å². The van der Waals surface area contributed by atoms with Gasteiger partial charge in [-0.05, 0) is 11.6 Å². The number of alkyl halides is 3. The summed E-state index contributed by atoms with van der Waals surface area (Å²) in [6.45, 7) is 2.09. The van der Waals surface area contributed by atoms with Crippen molar-refractivity contribution in [2.45, 2.75) is 31.6 Å². The van der Waals surface area contributed by atoms with E-state index in [4.69, 9.17) is 0 Å². The van der Waals surface area contributed by atoms with Crippen LogP contribution in [-0.4, -0.2) is 42.7 Å². The first-order valence-electron chi connectivity index (χ1n) is 11.4. The van der Waals surface area contributed by atoms with E-state index >= 15 is 0 Å². The van der Waals surface area contributed by atoms with Crippen LogP contribution in [0.3, 0.4) is 0 Å². The first-order valence-corrected chi connectivity index (χ1v) is 11.4. The van der Waals surface area contributed by atoms with Crippen molar-refractivity contribution >= 4 is 22.5 Å². The molecule has 1 saturated heterocycles. The molecule has 1 aromatic carbocycles. The number of fused-ring (bicyclic) bond motifs is 1. The number of nitrogens with two attached hydrogens (primary N) is 1. The average molecular weight is 499 g/mol. The number of aromatic nitrogens is 5. The Hall–Kier alpha value is -4.13. The Bertz CT molecular complexity index is 1420. The highest BCUT2D eigenvalue weighted by atomic mass is 19.4. The summed E-state index contributed by atoms with van der Waals surface area (Å²) < 4.78 is 42.3. The average Bonchev–Trinajstić information content (AvgIpc) is 3.37. The van der Waals surface area contributed by atoms with Crippen molar-refractivity contribution in [1.29, 1.82) is 0 Å². The Balaban J connectivity index is 1.50. The van der Waals surface area contributed by atoms with Crippen molar-refractivity contribution in [2.24, 2.45) is 0 Å². The number of nitro benzene ring substituents is 1. The molecule has 13 heteroatoms. The van der Waals surface area contributed by atoms with E-state index in [9.17, 15) is 23.3 Å². The molecule has 1 fully saturated rings. The van der Waals surface area contributed by atoms with Gasteiger partial charge in [-0.15, -0.1) is 0 Å². The van der Waals surface area contributed by atoms with Gasteiger partial charge in [-0.25, -0.2) is 15.0 Å². The lowest BCUT2D eigenvalue weighted by atomic mass is 10.1. The molecule has 36 heavy (non-hydrogen) atoms. The summed E-state index contributed by atoms with van der Waals surface area (Å²) in [5.74, 6) is -1.39. The predicted octanol–water partition coefficient (Wildman–Crippen LogP) is 3.33. The lowest BCUT2D eigenvalue weighted by Crippen LogP contribution is -2.86. The van der Waals surface area contributed by atoms with Crippen LogP contribution in [0.15, 0.2) is 48.9 Å². The number of non-ortho nitro benzene ring substituents is 1. The number of hydrogen-bond donors (Lipinski definition) is 2. The van der Waals surface area contributed by atoms with Crippen molar-refractivity contribution in [2.75, 3.05) is 18.4 Å². The Labute approximate surface area is 202 Å². The Morgan fingerprint density at radius 1 is 1.14 bits per heavy atom. The highest BCUT2D eigenvalue weighted by Crippen LogP contribution is 2.32. The van der Waals surface area contributed by atoms with Gasteiger partial charge in [0.1, 0.15) is 5.82 Å². The number of rotatable bonds is 6. The summed E-state index contributed by atoms with van der Waals surface area (Å²) in [5, 5.41) is 21.0. The number of benzene rings is 1. The lowest BCUT2D eigenvalue weighted by molar-refractivity contribution is -0.664. The minimum Gasteiger partial charge on any atom is -0.365 e. The Morgan fingerprint density at radius 3 is 2.69 bits per heavy atom. The number of nitrogens with zero attached hydrogens (tertiary/aromatic N) is 6. The van der Waals surface area contributed by atoms with Gasteiger partial charge in [0.2, 0.25) is 5.82 Å². The molecular weight excluding hydrogens is 477 g/mol. The van der Waals surface area contributed by atoms with Crippen molar-refractivity contribution < 1.29 is 23.4 Å². The largest absolute Gasteiger partial charge is 0.451 e. The fourth-order valence-electron chi connectivity index (χ4n) is 4.26. The number of nitrogens with one attached hydrogen (secondary N) is 1. The molecule has 1 aliphatic heterocycles. The van der Waals surface area contributed by atoms with Gasteiger partial charge >= 0.3 is 6.18 Å². The number of anilines is 1. The normalized spacial score (nSPS) is 14.8. The van der Waals surface area contributed by atoms with Crippen molar-refractivity contribution in [3.05, 3.63) is 70.4 Å². The van der Waals surface area contributed by atoms with Crippen LogP contribution in [0.5, 0.6) is 0 Å². The van der Waals surface area contributed by atoms with E-state index in [2.05, 4.69) is 30.7 Å². The number of piperidine rings is 1. The predicted molar refractivity (Wildman–Crippen MR) is 124 cm³/mol. The van der Waals surface area contributed by atoms with Gasteiger partial charge in [-0.2, -0.15) is 18.3 Å². The Morgan fingerprint density at radius 2 is 1.94 bits per heavy atom. The van der Waals surface area contributed by atoms with Gasteiger partial charge in [0.15, 0.2) is 5.65 Å². The molecule has 0 unspecified atom stereocenters. The summed E-state index contributed by atoms with van der Waals surface area (Å²) in [7, 11) is 0. The maximum Gasteiger partial charge on any atom is 0.451 e. The van der Waals surface area contributed by atoms with Crippen LogP contribution in [0.25, 0.3) is 22.2 Å². The number of quaternary nitrogens is 1. The van der Waals surface area contributed by atoms with E-state index in [1.807, 2.05) is 10.9 Å². The zero-order chi connectivity index (χ0) is 25.3. The molecule has 0 radical (unpaired) electrons. The number of pyridine rings is 1. The third-order valence-corrected chi connectivity index (χ3v) is 6.10. The van der Waals surface area contributed by atoms with Crippen LogP contribution < -0.4 is 10.6 Å². The number of nitro groups is 1. The topological polar surface area (TPSA) is 128 Å². The van der Waals surface area contributed by atoms with E-state index in [1.54, 1.807) is 18.3 Å². The van der Waals surface area contributed by atoms with E-state index in [1.165, 1.54) is 24.4 Å². The van der Waals surface area contributed by atoms with Gasteiger partial charge < -0.3 is 10.6 Å². The van der Waals surface area contributed by atoms with Crippen LogP contribution in [0.1, 0.15) is 30.3 Å². The smallest absolute Gasteiger partial charge is 0.365 e. The summed E-state index contributed by atoms with van der Waals surface area (Å²) >= 11 is 0. The van der Waals surface area contributed by atoms with Gasteiger partial charge in [0.25, 0.3) is 5.69 Å². The molecule has 5 rings (SSSR count). The summed E-state index contributed by atoms with van der Waals surface area (Å²) in [6.07, 6.45) is 2.35. The number of halogens is 3. The highest BCUT2D eigenvalue weighted by molar-refractivity contribution is 5.89. The minimum absolute atomic E-state index is 0.0198. The Kier molecular flexibility index (Phi) is 6.22. The molecule has 3 N–H and O–H groups in total. The molecular formula is C23H22F3N8O2+. The SMILES string of the molecule is O=[N+]([O-])c1cccc(CNc2nc(C(F)(F)F)nc3ncc(-c4cnn(C5CC[NH2+]CC5)c4)cc23)c1. The van der Waals surface area contributed by atoms with Gasteiger partial charge in [0.05, 0.1) is 35.6 Å². The van der Waals surface area contributed by atoms with E-state index < -0.39 is 16.9 Å². The summed E-state index contributed by atoms with van der Waals surface area (Å²) in [6, 6.07) is 7.82. The highest BCUT2D eigenvalue weighted by Gasteiger charge is 2.36. The standard InChI is InChI=1S/C23H21F3N8O2/c24-23(25,26)22-31-20(28-10-14-2-1-3-18(8-14)34(35)36)19-9-15(11-29-21(19)32-22)16-12-30-33(13-16)17-4-6-27-7-5-17/h1-3,8-9,11-13,17,27H,4-7,10H2,(H,28,29,31,32)/p+1. The zero-order valence-corrected chi connectivity index (χ0v) is 18.9. The van der Waals surface area contributed by atoms with E-state index in [-0.39, 0.29) is 23.7 Å². The first kappa shape index (κ1) is 23.6. The summed E-state index contributed by atoms with van der Waals surface area (Å²) in [5.41, 5.74) is 1.73. The van der Waals surface area contributed by atoms with Crippen molar-refractivity contribution in [1.82, 2.24) is 24.7 Å². The molecule has 0 aliphatic carbocycles.